The predicted octanol–water partition coefficient (Wildman–Crippen LogP) is 0.334. The van der Waals surface area contributed by atoms with E-state index in [1.165, 1.54) is 0 Å². The van der Waals surface area contributed by atoms with E-state index in [2.05, 4.69) is 4.99 Å². The van der Waals surface area contributed by atoms with Gasteiger partial charge in [0.1, 0.15) is 5.75 Å². The molecule has 0 N–H and O–H groups in total. The quantitative estimate of drug-likeness (QED) is 0.638. The maximum Gasteiger partial charge on any atom is 0.273 e. The molecule has 14 heavy (non-hydrogen) atoms. The fraction of sp³-hybridized carbons (Fsp3) is 0.273. The highest BCUT2D eigenvalue weighted by Crippen LogP contribution is 2.12. The summed E-state index contributed by atoms with van der Waals surface area (Å²) < 4.78 is 5.19. The molecule has 1 aliphatic rings. The van der Waals surface area contributed by atoms with Crippen molar-refractivity contribution >= 4 is 11.5 Å². The van der Waals surface area contributed by atoms with Gasteiger partial charge in [-0.15, -0.1) is 0 Å². The second-order valence-corrected chi connectivity index (χ2v) is 3.33. The van der Waals surface area contributed by atoms with Gasteiger partial charge in [0.15, 0.2) is 0 Å². The fourth-order valence-corrected chi connectivity index (χ4v) is 1.77. The molecule has 0 atom stereocenters. The SMILES string of the molecule is COc1ccc2c(c1C)=C(C)C(=O)N=2. The minimum Gasteiger partial charge on any atom is -0.496 e. The first-order valence-corrected chi connectivity index (χ1v) is 4.42. The lowest BCUT2D eigenvalue weighted by Gasteiger charge is -2.03. The van der Waals surface area contributed by atoms with Crippen LogP contribution >= 0.6 is 0 Å². The van der Waals surface area contributed by atoms with Crippen LogP contribution in [0.25, 0.3) is 5.57 Å². The second-order valence-electron chi connectivity index (χ2n) is 3.33. The summed E-state index contributed by atoms with van der Waals surface area (Å²) in [6, 6.07) is 3.65. The average Bonchev–Trinajstić information content (AvgIpc) is 2.44. The first-order valence-electron chi connectivity index (χ1n) is 4.42. The van der Waals surface area contributed by atoms with E-state index in [4.69, 9.17) is 4.74 Å². The summed E-state index contributed by atoms with van der Waals surface area (Å²) in [6.45, 7) is 3.74. The Morgan fingerprint density at radius 1 is 1.29 bits per heavy atom. The number of methoxy groups -OCH3 is 1. The molecule has 0 fully saturated rings. The Labute approximate surface area is 81.7 Å². The largest absolute Gasteiger partial charge is 0.496 e. The van der Waals surface area contributed by atoms with E-state index in [1.54, 1.807) is 14.0 Å². The average molecular weight is 189 g/mol. The Balaban J connectivity index is 2.92. The number of rotatable bonds is 1. The van der Waals surface area contributed by atoms with Crippen molar-refractivity contribution in [1.82, 2.24) is 0 Å². The van der Waals surface area contributed by atoms with Crippen LogP contribution in [0.15, 0.2) is 17.1 Å². The minimum absolute atomic E-state index is 0.142. The highest BCUT2D eigenvalue weighted by atomic mass is 16.5. The van der Waals surface area contributed by atoms with Gasteiger partial charge in [0, 0.05) is 16.4 Å². The Kier molecular flexibility index (Phi) is 1.88. The van der Waals surface area contributed by atoms with Gasteiger partial charge < -0.3 is 4.74 Å². The molecule has 1 amide bonds. The zero-order valence-corrected chi connectivity index (χ0v) is 8.42. The fourth-order valence-electron chi connectivity index (χ4n) is 1.77. The van der Waals surface area contributed by atoms with Crippen molar-refractivity contribution < 1.29 is 9.53 Å². The van der Waals surface area contributed by atoms with Crippen LogP contribution < -0.4 is 15.3 Å². The summed E-state index contributed by atoms with van der Waals surface area (Å²) in [4.78, 5) is 15.3. The maximum atomic E-state index is 11.3. The van der Waals surface area contributed by atoms with Crippen LogP contribution in [-0.2, 0) is 4.79 Å². The predicted molar refractivity (Wildman–Crippen MR) is 52.6 cm³/mol. The van der Waals surface area contributed by atoms with Crippen molar-refractivity contribution in [1.29, 1.82) is 0 Å². The molecule has 1 aromatic rings. The number of carbonyl (C=O) groups is 1. The van der Waals surface area contributed by atoms with E-state index in [0.717, 1.165) is 21.9 Å². The topological polar surface area (TPSA) is 38.7 Å². The molecule has 0 aromatic heterocycles. The van der Waals surface area contributed by atoms with Gasteiger partial charge in [-0.2, -0.15) is 0 Å². The van der Waals surface area contributed by atoms with Crippen molar-refractivity contribution in [3.8, 4) is 5.75 Å². The van der Waals surface area contributed by atoms with Crippen LogP contribution in [0.2, 0.25) is 0 Å². The Hall–Kier alpha value is -1.64. The van der Waals surface area contributed by atoms with Crippen molar-refractivity contribution in [2.75, 3.05) is 7.11 Å². The monoisotopic (exact) mass is 189 g/mol. The van der Waals surface area contributed by atoms with Crippen LogP contribution in [0.5, 0.6) is 5.75 Å². The molecule has 0 unspecified atom stereocenters. The first-order chi connectivity index (χ1) is 6.65. The van der Waals surface area contributed by atoms with Crippen LogP contribution in [0.4, 0.5) is 0 Å². The van der Waals surface area contributed by atoms with Crippen molar-refractivity contribution in [3.63, 3.8) is 0 Å². The number of carbonyl (C=O) groups excluding carboxylic acids is 1. The molecule has 3 heteroatoms. The highest BCUT2D eigenvalue weighted by molar-refractivity contribution is 6.14. The summed E-state index contributed by atoms with van der Waals surface area (Å²) in [6.07, 6.45) is 0. The van der Waals surface area contributed by atoms with Crippen LogP contribution in [0.3, 0.4) is 0 Å². The summed E-state index contributed by atoms with van der Waals surface area (Å²) in [5, 5.41) is 1.68. The van der Waals surface area contributed by atoms with Crippen molar-refractivity contribution in [2.45, 2.75) is 13.8 Å². The number of ether oxygens (including phenoxy) is 1. The van der Waals surface area contributed by atoms with Crippen LogP contribution in [0, 0.1) is 6.92 Å². The zero-order chi connectivity index (χ0) is 10.3. The molecule has 0 spiro atoms. The van der Waals surface area contributed by atoms with Gasteiger partial charge >= 0.3 is 0 Å². The molecule has 2 rings (SSSR count). The van der Waals surface area contributed by atoms with Gasteiger partial charge in [0.05, 0.1) is 12.5 Å². The summed E-state index contributed by atoms with van der Waals surface area (Å²) in [5.74, 6) is 0.657. The number of hydrogen-bond donors (Lipinski definition) is 0. The lowest BCUT2D eigenvalue weighted by atomic mass is 10.1. The molecule has 0 bridgehead atoms. The normalized spacial score (nSPS) is 13.9. The van der Waals surface area contributed by atoms with E-state index in [0.29, 0.717) is 5.57 Å². The first kappa shape index (κ1) is 8.94. The third kappa shape index (κ3) is 1.05. The number of hydrogen-bond acceptors (Lipinski definition) is 2. The summed E-state index contributed by atoms with van der Waals surface area (Å²) in [7, 11) is 1.62. The van der Waals surface area contributed by atoms with E-state index in [-0.39, 0.29) is 5.91 Å². The third-order valence-electron chi connectivity index (χ3n) is 2.53. The number of amides is 1. The number of benzene rings is 1. The lowest BCUT2D eigenvalue weighted by molar-refractivity contribution is -0.112. The van der Waals surface area contributed by atoms with Gasteiger partial charge in [-0.1, -0.05) is 0 Å². The molecule has 0 saturated carbocycles. The zero-order valence-electron chi connectivity index (χ0n) is 8.42. The standard InChI is InChI=1S/C11H11NO2/c1-6-9(14-3)5-4-8-10(6)7(2)11(13)12-8/h4-5H,1-3H3. The summed E-state index contributed by atoms with van der Waals surface area (Å²) in [5.41, 5.74) is 1.69. The Morgan fingerprint density at radius 3 is 2.64 bits per heavy atom. The van der Waals surface area contributed by atoms with Gasteiger partial charge in [0.25, 0.3) is 5.91 Å². The van der Waals surface area contributed by atoms with Crippen LogP contribution in [-0.4, -0.2) is 13.0 Å². The van der Waals surface area contributed by atoms with Gasteiger partial charge in [-0.05, 0) is 26.0 Å². The van der Waals surface area contributed by atoms with E-state index < -0.39 is 0 Å². The third-order valence-corrected chi connectivity index (χ3v) is 2.53. The number of fused-ring (bicyclic) bond motifs is 1. The molecule has 3 nitrogen and oxygen atoms in total. The minimum atomic E-state index is -0.142. The van der Waals surface area contributed by atoms with E-state index in [1.807, 2.05) is 19.1 Å². The molecular formula is C11H11NO2. The van der Waals surface area contributed by atoms with Gasteiger partial charge in [0.2, 0.25) is 0 Å². The summed E-state index contributed by atoms with van der Waals surface area (Å²) >= 11 is 0. The van der Waals surface area contributed by atoms with Crippen molar-refractivity contribution in [2.24, 2.45) is 4.99 Å². The Bertz CT molecular complexity index is 529. The van der Waals surface area contributed by atoms with E-state index >= 15 is 0 Å². The Morgan fingerprint density at radius 2 is 2.00 bits per heavy atom. The van der Waals surface area contributed by atoms with Gasteiger partial charge in [-0.25, -0.2) is 4.99 Å². The van der Waals surface area contributed by atoms with E-state index in [9.17, 15) is 4.79 Å². The lowest BCUT2D eigenvalue weighted by Crippen LogP contribution is -2.26. The molecule has 1 aliphatic heterocycles. The molecule has 1 heterocycles. The maximum absolute atomic E-state index is 11.3. The molecule has 0 saturated heterocycles. The molecule has 1 aromatic carbocycles. The van der Waals surface area contributed by atoms with Crippen LogP contribution in [0.1, 0.15) is 12.5 Å². The smallest absolute Gasteiger partial charge is 0.273 e. The van der Waals surface area contributed by atoms with Gasteiger partial charge in [-0.3, -0.25) is 4.79 Å². The molecule has 72 valence electrons. The highest BCUT2D eigenvalue weighted by Gasteiger charge is 2.14. The number of nitrogens with zero attached hydrogens (tertiary/aromatic N) is 1. The molecule has 0 aliphatic carbocycles. The molecular weight excluding hydrogens is 178 g/mol. The molecule has 0 radical (unpaired) electrons. The van der Waals surface area contributed by atoms with Crippen molar-refractivity contribution in [3.05, 3.63) is 28.3 Å². The second kappa shape index (κ2) is 2.94.